The second kappa shape index (κ2) is 9.87. The molecule has 1 aliphatic heterocycles. The molecule has 0 atom stereocenters. The van der Waals surface area contributed by atoms with Crippen molar-refractivity contribution in [2.75, 3.05) is 31.5 Å². The van der Waals surface area contributed by atoms with E-state index in [4.69, 9.17) is 0 Å². The Morgan fingerprint density at radius 2 is 1.76 bits per heavy atom. The number of nitrogens with one attached hydrogen (secondary N) is 3. The minimum Gasteiger partial charge on any atom is -0.353 e. The molecule has 7 heteroatoms. The van der Waals surface area contributed by atoms with E-state index in [0.29, 0.717) is 29.8 Å². The molecule has 7 nitrogen and oxygen atoms in total. The summed E-state index contributed by atoms with van der Waals surface area (Å²) in [6, 6.07) is 7.45. The van der Waals surface area contributed by atoms with Crippen LogP contribution in [-0.4, -0.2) is 54.8 Å². The number of nitrogens with zero attached hydrogens (tertiary/aromatic N) is 1. The van der Waals surface area contributed by atoms with Gasteiger partial charge in [0.2, 0.25) is 11.8 Å². The van der Waals surface area contributed by atoms with Crippen molar-refractivity contribution in [1.82, 2.24) is 15.5 Å². The maximum absolute atomic E-state index is 12.5. The fraction of sp³-hybridized carbons (Fsp3) is 0.591. The molecule has 1 aromatic rings. The molecular formula is C22H32N4O3. The molecular weight excluding hydrogens is 368 g/mol. The van der Waals surface area contributed by atoms with E-state index in [1.807, 2.05) is 13.8 Å². The Labute approximate surface area is 172 Å². The van der Waals surface area contributed by atoms with E-state index in [-0.39, 0.29) is 30.2 Å². The minimum absolute atomic E-state index is 0.0558. The average Bonchev–Trinajstić information content (AvgIpc) is 3.51. The van der Waals surface area contributed by atoms with Gasteiger partial charge in [-0.3, -0.25) is 19.3 Å². The van der Waals surface area contributed by atoms with Gasteiger partial charge in [0, 0.05) is 18.5 Å². The highest BCUT2D eigenvalue weighted by Crippen LogP contribution is 2.23. The zero-order chi connectivity index (χ0) is 20.8. The molecule has 1 saturated carbocycles. The highest BCUT2D eigenvalue weighted by Gasteiger charge is 2.30. The van der Waals surface area contributed by atoms with E-state index < -0.39 is 0 Å². The van der Waals surface area contributed by atoms with E-state index in [1.165, 1.54) is 0 Å². The Balaban J connectivity index is 1.47. The van der Waals surface area contributed by atoms with Crippen molar-refractivity contribution in [3.05, 3.63) is 29.8 Å². The van der Waals surface area contributed by atoms with Crippen molar-refractivity contribution in [2.45, 2.75) is 45.6 Å². The van der Waals surface area contributed by atoms with Gasteiger partial charge in [-0.1, -0.05) is 26.0 Å². The standard InChI is InChI=1S/C22H32N4O3/c1-15(2)13-23-22(29)18-5-3-4-6-19(18)25-20(27)14-26-11-9-16(10-12-26)21(28)24-17-7-8-17/h3-6,15-17H,7-14H2,1-2H3,(H,23,29)(H,24,28)(H,25,27). The molecule has 158 valence electrons. The Kier molecular flexibility index (Phi) is 7.25. The maximum Gasteiger partial charge on any atom is 0.253 e. The molecule has 3 rings (SSSR count). The number of amides is 3. The lowest BCUT2D eigenvalue weighted by Crippen LogP contribution is -2.43. The summed E-state index contributed by atoms with van der Waals surface area (Å²) in [6.07, 6.45) is 3.75. The predicted molar refractivity (Wildman–Crippen MR) is 113 cm³/mol. The topological polar surface area (TPSA) is 90.5 Å². The van der Waals surface area contributed by atoms with E-state index in [9.17, 15) is 14.4 Å². The highest BCUT2D eigenvalue weighted by atomic mass is 16.2. The Morgan fingerprint density at radius 1 is 1.07 bits per heavy atom. The van der Waals surface area contributed by atoms with Crippen LogP contribution in [0.25, 0.3) is 0 Å². The summed E-state index contributed by atoms with van der Waals surface area (Å²) in [5.74, 6) is 0.250. The average molecular weight is 401 g/mol. The Bertz CT molecular complexity index is 737. The highest BCUT2D eigenvalue weighted by molar-refractivity contribution is 6.04. The first-order valence-electron chi connectivity index (χ1n) is 10.6. The van der Waals surface area contributed by atoms with Gasteiger partial charge >= 0.3 is 0 Å². The van der Waals surface area contributed by atoms with Gasteiger partial charge < -0.3 is 16.0 Å². The first-order chi connectivity index (χ1) is 13.9. The van der Waals surface area contributed by atoms with Crippen LogP contribution in [0.4, 0.5) is 5.69 Å². The number of carbonyl (C=O) groups is 3. The third kappa shape index (κ3) is 6.56. The monoisotopic (exact) mass is 400 g/mol. The first kappa shape index (κ1) is 21.3. The van der Waals surface area contributed by atoms with Crippen LogP contribution >= 0.6 is 0 Å². The molecule has 2 fully saturated rings. The van der Waals surface area contributed by atoms with Crippen LogP contribution in [0.2, 0.25) is 0 Å². The number of anilines is 1. The number of para-hydroxylation sites is 1. The lowest BCUT2D eigenvalue weighted by molar-refractivity contribution is -0.126. The molecule has 0 radical (unpaired) electrons. The van der Waals surface area contributed by atoms with Crippen LogP contribution in [0, 0.1) is 11.8 Å². The van der Waals surface area contributed by atoms with Crippen molar-refractivity contribution in [2.24, 2.45) is 11.8 Å². The SMILES string of the molecule is CC(C)CNC(=O)c1ccccc1NC(=O)CN1CCC(C(=O)NC2CC2)CC1. The Morgan fingerprint density at radius 3 is 2.41 bits per heavy atom. The molecule has 29 heavy (non-hydrogen) atoms. The molecule has 1 aliphatic carbocycles. The van der Waals surface area contributed by atoms with Crippen LogP contribution in [0.15, 0.2) is 24.3 Å². The molecule has 1 aromatic carbocycles. The molecule has 0 aromatic heterocycles. The lowest BCUT2D eigenvalue weighted by atomic mass is 9.96. The smallest absolute Gasteiger partial charge is 0.253 e. The van der Waals surface area contributed by atoms with E-state index in [2.05, 4.69) is 20.9 Å². The van der Waals surface area contributed by atoms with E-state index in [1.54, 1.807) is 24.3 Å². The fourth-order valence-electron chi connectivity index (χ4n) is 3.47. The summed E-state index contributed by atoms with van der Waals surface area (Å²) >= 11 is 0. The van der Waals surface area contributed by atoms with Gasteiger partial charge in [0.15, 0.2) is 0 Å². The number of hydrogen-bond acceptors (Lipinski definition) is 4. The number of benzene rings is 1. The molecule has 3 N–H and O–H groups in total. The lowest BCUT2D eigenvalue weighted by Gasteiger charge is -2.30. The van der Waals surface area contributed by atoms with Crippen LogP contribution in [0.5, 0.6) is 0 Å². The molecule has 3 amide bonds. The largest absolute Gasteiger partial charge is 0.353 e. The van der Waals surface area contributed by atoms with Gasteiger partial charge in [-0.05, 0) is 56.8 Å². The van der Waals surface area contributed by atoms with Gasteiger partial charge in [-0.15, -0.1) is 0 Å². The third-order valence-corrected chi connectivity index (χ3v) is 5.37. The number of hydrogen-bond donors (Lipinski definition) is 3. The normalized spacial score (nSPS) is 17.8. The third-order valence-electron chi connectivity index (χ3n) is 5.37. The summed E-state index contributed by atoms with van der Waals surface area (Å²) in [7, 11) is 0. The van der Waals surface area contributed by atoms with Gasteiger partial charge in [-0.25, -0.2) is 0 Å². The van der Waals surface area contributed by atoms with Crippen molar-refractivity contribution < 1.29 is 14.4 Å². The fourth-order valence-corrected chi connectivity index (χ4v) is 3.47. The summed E-state index contributed by atoms with van der Waals surface area (Å²) in [6.45, 7) is 6.38. The van der Waals surface area contributed by atoms with Crippen LogP contribution in [0.1, 0.15) is 49.9 Å². The van der Waals surface area contributed by atoms with Gasteiger partial charge in [0.25, 0.3) is 5.91 Å². The van der Waals surface area contributed by atoms with Crippen molar-refractivity contribution >= 4 is 23.4 Å². The van der Waals surface area contributed by atoms with Crippen molar-refractivity contribution in [3.63, 3.8) is 0 Å². The quantitative estimate of drug-likeness (QED) is 0.623. The summed E-state index contributed by atoms with van der Waals surface area (Å²) in [5, 5.41) is 8.83. The zero-order valence-electron chi connectivity index (χ0n) is 17.4. The number of rotatable bonds is 8. The van der Waals surface area contributed by atoms with Crippen LogP contribution < -0.4 is 16.0 Å². The maximum atomic E-state index is 12.5. The van der Waals surface area contributed by atoms with Gasteiger partial charge in [-0.2, -0.15) is 0 Å². The molecule has 0 bridgehead atoms. The van der Waals surface area contributed by atoms with E-state index >= 15 is 0 Å². The van der Waals surface area contributed by atoms with Gasteiger partial charge in [0.05, 0.1) is 17.8 Å². The summed E-state index contributed by atoms with van der Waals surface area (Å²) in [5.41, 5.74) is 0.995. The second-order valence-corrected chi connectivity index (χ2v) is 8.53. The predicted octanol–water partition coefficient (Wildman–Crippen LogP) is 2.00. The van der Waals surface area contributed by atoms with Crippen LogP contribution in [0.3, 0.4) is 0 Å². The van der Waals surface area contributed by atoms with E-state index in [0.717, 1.165) is 38.8 Å². The Hall–Kier alpha value is -2.41. The second-order valence-electron chi connectivity index (χ2n) is 8.53. The first-order valence-corrected chi connectivity index (χ1v) is 10.6. The molecule has 1 heterocycles. The van der Waals surface area contributed by atoms with Crippen molar-refractivity contribution in [1.29, 1.82) is 0 Å². The van der Waals surface area contributed by atoms with Gasteiger partial charge in [0.1, 0.15) is 0 Å². The number of piperidine rings is 1. The molecule has 1 saturated heterocycles. The summed E-state index contributed by atoms with van der Waals surface area (Å²) in [4.78, 5) is 39.2. The molecule has 0 unspecified atom stereocenters. The zero-order valence-corrected chi connectivity index (χ0v) is 17.4. The van der Waals surface area contributed by atoms with Crippen molar-refractivity contribution in [3.8, 4) is 0 Å². The minimum atomic E-state index is -0.183. The number of carbonyl (C=O) groups excluding carboxylic acids is 3. The molecule has 0 spiro atoms. The molecule has 2 aliphatic rings. The van der Waals surface area contributed by atoms with Crippen LogP contribution in [-0.2, 0) is 9.59 Å². The summed E-state index contributed by atoms with van der Waals surface area (Å²) < 4.78 is 0. The number of likely N-dealkylation sites (tertiary alicyclic amines) is 1.